The van der Waals surface area contributed by atoms with E-state index in [0.717, 1.165) is 24.8 Å². The number of aliphatic hydroxyl groups is 2. The summed E-state index contributed by atoms with van der Waals surface area (Å²) in [4.78, 5) is 0. The van der Waals surface area contributed by atoms with Gasteiger partial charge in [-0.1, -0.05) is 43.6 Å². The largest absolute Gasteiger partial charge is 0.393 e. The molecule has 23 heavy (non-hydrogen) atoms. The molecule has 1 aliphatic rings. The Bertz CT molecular complexity index is 495. The van der Waals surface area contributed by atoms with E-state index in [-0.39, 0.29) is 18.1 Å². The Kier molecular flexibility index (Phi) is 6.86. The van der Waals surface area contributed by atoms with E-state index < -0.39 is 6.10 Å². The first-order chi connectivity index (χ1) is 10.9. The molecule has 0 spiro atoms. The quantitative estimate of drug-likeness (QED) is 0.713. The first-order valence-electron chi connectivity index (χ1n) is 8.29. The van der Waals surface area contributed by atoms with Gasteiger partial charge in [0.2, 0.25) is 0 Å². The molecule has 0 heterocycles. The van der Waals surface area contributed by atoms with Crippen molar-refractivity contribution in [2.75, 3.05) is 13.2 Å². The first-order valence-corrected chi connectivity index (χ1v) is 8.67. The van der Waals surface area contributed by atoms with Crippen molar-refractivity contribution in [2.45, 2.75) is 58.0 Å². The number of benzene rings is 1. The minimum absolute atomic E-state index is 0.0680. The fourth-order valence-corrected chi connectivity index (χ4v) is 3.27. The predicted octanol–water partition coefficient (Wildman–Crippen LogP) is 2.75. The summed E-state index contributed by atoms with van der Waals surface area (Å²) in [6.45, 7) is 5.36. The molecule has 130 valence electrons. The lowest BCUT2D eigenvalue weighted by atomic mass is 9.73. The average Bonchev–Trinajstić information content (AvgIpc) is 2.50. The van der Waals surface area contributed by atoms with Gasteiger partial charge in [0, 0.05) is 17.6 Å². The van der Waals surface area contributed by atoms with E-state index in [1.165, 1.54) is 0 Å². The van der Waals surface area contributed by atoms with E-state index in [9.17, 15) is 10.2 Å². The Morgan fingerprint density at radius 1 is 1.35 bits per heavy atom. The van der Waals surface area contributed by atoms with Gasteiger partial charge < -0.3 is 20.3 Å². The number of hydrogen-bond acceptors (Lipinski definition) is 4. The highest BCUT2D eigenvalue weighted by atomic mass is 35.5. The third-order valence-corrected chi connectivity index (χ3v) is 5.00. The minimum Gasteiger partial charge on any atom is -0.393 e. The number of rotatable bonds is 7. The van der Waals surface area contributed by atoms with E-state index in [0.29, 0.717) is 24.2 Å². The van der Waals surface area contributed by atoms with E-state index >= 15 is 0 Å². The fourth-order valence-electron chi connectivity index (χ4n) is 3.08. The van der Waals surface area contributed by atoms with Gasteiger partial charge in [0.15, 0.2) is 0 Å². The topological polar surface area (TPSA) is 61.7 Å². The smallest absolute Gasteiger partial charge is 0.0897 e. The van der Waals surface area contributed by atoms with Crippen molar-refractivity contribution in [2.24, 2.45) is 5.41 Å². The van der Waals surface area contributed by atoms with Crippen molar-refractivity contribution in [1.82, 2.24) is 5.32 Å². The molecule has 4 nitrogen and oxygen atoms in total. The van der Waals surface area contributed by atoms with Crippen LogP contribution < -0.4 is 5.32 Å². The van der Waals surface area contributed by atoms with E-state index in [2.05, 4.69) is 19.2 Å². The fraction of sp³-hybridized carbons (Fsp3) is 0.667. The summed E-state index contributed by atoms with van der Waals surface area (Å²) in [5, 5.41) is 24.1. The van der Waals surface area contributed by atoms with E-state index in [1.54, 1.807) is 0 Å². The molecule has 3 N–H and O–H groups in total. The number of aliphatic hydroxyl groups excluding tert-OH is 2. The van der Waals surface area contributed by atoms with Crippen LogP contribution in [0.1, 0.15) is 38.7 Å². The van der Waals surface area contributed by atoms with Crippen LogP contribution in [0.3, 0.4) is 0 Å². The molecule has 1 saturated carbocycles. The SMILES string of the molecule is CC1(C)CC(NCC(O)COCc2ccccc2Cl)CCC1O. The second-order valence-electron chi connectivity index (χ2n) is 7.15. The Labute approximate surface area is 143 Å². The third-order valence-electron chi connectivity index (χ3n) is 4.63. The van der Waals surface area contributed by atoms with Crippen molar-refractivity contribution in [3.05, 3.63) is 34.9 Å². The van der Waals surface area contributed by atoms with Gasteiger partial charge in [0.25, 0.3) is 0 Å². The normalized spacial score (nSPS) is 25.3. The predicted molar refractivity (Wildman–Crippen MR) is 92.5 cm³/mol. The Balaban J connectivity index is 1.66. The van der Waals surface area contributed by atoms with Gasteiger partial charge in [-0.25, -0.2) is 0 Å². The summed E-state index contributed by atoms with van der Waals surface area (Å²) in [6.07, 6.45) is 1.89. The van der Waals surface area contributed by atoms with Crippen molar-refractivity contribution >= 4 is 11.6 Å². The van der Waals surface area contributed by atoms with Crippen LogP contribution in [-0.2, 0) is 11.3 Å². The van der Waals surface area contributed by atoms with Gasteiger partial charge in [-0.15, -0.1) is 0 Å². The third kappa shape index (κ3) is 5.73. The lowest BCUT2D eigenvalue weighted by Crippen LogP contribution is -2.46. The molecule has 1 aromatic rings. The molecule has 1 aromatic carbocycles. The molecule has 3 unspecified atom stereocenters. The highest BCUT2D eigenvalue weighted by Crippen LogP contribution is 2.35. The number of hydrogen-bond donors (Lipinski definition) is 3. The van der Waals surface area contributed by atoms with Crippen LogP contribution in [0.5, 0.6) is 0 Å². The summed E-state index contributed by atoms with van der Waals surface area (Å²) in [5.41, 5.74) is 0.860. The highest BCUT2D eigenvalue weighted by Gasteiger charge is 2.35. The maximum atomic E-state index is 10.0. The van der Waals surface area contributed by atoms with Crippen LogP contribution >= 0.6 is 11.6 Å². The maximum Gasteiger partial charge on any atom is 0.0897 e. The van der Waals surface area contributed by atoms with E-state index in [1.807, 2.05) is 24.3 Å². The van der Waals surface area contributed by atoms with Gasteiger partial charge in [-0.2, -0.15) is 0 Å². The molecule has 0 amide bonds. The average molecular weight is 342 g/mol. The van der Waals surface area contributed by atoms with Crippen LogP contribution in [0.25, 0.3) is 0 Å². The molecule has 1 fully saturated rings. The zero-order chi connectivity index (χ0) is 16.9. The number of halogens is 1. The standard InChI is InChI=1S/C18H28ClNO3/c1-18(2)9-14(7-8-17(18)22)20-10-15(21)12-23-11-13-5-3-4-6-16(13)19/h3-6,14-15,17,20-22H,7-12H2,1-2H3. The summed E-state index contributed by atoms with van der Waals surface area (Å²) in [7, 11) is 0. The molecule has 3 atom stereocenters. The number of ether oxygens (including phenoxy) is 1. The Hall–Kier alpha value is -0.650. The molecule has 0 bridgehead atoms. The molecule has 0 saturated heterocycles. The Morgan fingerprint density at radius 3 is 2.78 bits per heavy atom. The molecular weight excluding hydrogens is 314 g/mol. The second kappa shape index (κ2) is 8.45. The van der Waals surface area contributed by atoms with E-state index in [4.69, 9.17) is 16.3 Å². The molecule has 0 aliphatic heterocycles. The summed E-state index contributed by atoms with van der Waals surface area (Å²) >= 11 is 6.07. The van der Waals surface area contributed by atoms with Crippen molar-refractivity contribution in [3.63, 3.8) is 0 Å². The zero-order valence-electron chi connectivity index (χ0n) is 14.0. The van der Waals surface area contributed by atoms with Gasteiger partial charge in [0.05, 0.1) is 25.4 Å². The second-order valence-corrected chi connectivity index (χ2v) is 7.56. The molecule has 1 aliphatic carbocycles. The zero-order valence-corrected chi connectivity index (χ0v) is 14.7. The molecule has 0 radical (unpaired) electrons. The van der Waals surface area contributed by atoms with Gasteiger partial charge in [-0.3, -0.25) is 0 Å². The van der Waals surface area contributed by atoms with Crippen LogP contribution in [0.4, 0.5) is 0 Å². The summed E-state index contributed by atoms with van der Waals surface area (Å²) in [6, 6.07) is 7.89. The van der Waals surface area contributed by atoms with Gasteiger partial charge >= 0.3 is 0 Å². The number of nitrogens with one attached hydrogen (secondary N) is 1. The molecule has 5 heteroatoms. The van der Waals surface area contributed by atoms with Crippen molar-refractivity contribution in [1.29, 1.82) is 0 Å². The lowest BCUT2D eigenvalue weighted by molar-refractivity contribution is -0.00494. The molecule has 2 rings (SSSR count). The first kappa shape index (κ1) is 18.7. The van der Waals surface area contributed by atoms with Gasteiger partial charge in [0.1, 0.15) is 0 Å². The van der Waals surface area contributed by atoms with Crippen LogP contribution in [0, 0.1) is 5.41 Å². The van der Waals surface area contributed by atoms with Crippen LogP contribution in [0.15, 0.2) is 24.3 Å². The minimum atomic E-state index is -0.549. The highest BCUT2D eigenvalue weighted by molar-refractivity contribution is 6.31. The maximum absolute atomic E-state index is 10.0. The van der Waals surface area contributed by atoms with Crippen molar-refractivity contribution < 1.29 is 14.9 Å². The summed E-state index contributed by atoms with van der Waals surface area (Å²) < 4.78 is 5.55. The lowest BCUT2D eigenvalue weighted by Gasteiger charge is -2.40. The monoisotopic (exact) mass is 341 g/mol. The van der Waals surface area contributed by atoms with Gasteiger partial charge in [-0.05, 0) is 36.3 Å². The summed E-state index contributed by atoms with van der Waals surface area (Å²) in [5.74, 6) is 0. The molecular formula is C18H28ClNO3. The van der Waals surface area contributed by atoms with Crippen molar-refractivity contribution in [3.8, 4) is 0 Å². The Morgan fingerprint density at radius 2 is 2.09 bits per heavy atom. The van der Waals surface area contributed by atoms with Crippen LogP contribution in [0.2, 0.25) is 5.02 Å². The van der Waals surface area contributed by atoms with Crippen LogP contribution in [-0.4, -0.2) is 41.6 Å². The molecule has 0 aromatic heterocycles.